The Morgan fingerprint density at radius 2 is 1.86 bits per heavy atom. The van der Waals surface area contributed by atoms with Gasteiger partial charge in [0.2, 0.25) is 0 Å². The van der Waals surface area contributed by atoms with Crippen molar-refractivity contribution >= 4 is 17.2 Å². The molecule has 0 amide bonds. The number of hydrogen-bond donors (Lipinski definition) is 1. The van der Waals surface area contributed by atoms with E-state index in [9.17, 15) is 0 Å². The van der Waals surface area contributed by atoms with E-state index in [-0.39, 0.29) is 0 Å². The molecule has 110 valence electrons. The fourth-order valence-corrected chi connectivity index (χ4v) is 2.17. The highest BCUT2D eigenvalue weighted by Crippen LogP contribution is 2.28. The largest absolute Gasteiger partial charge is 0.493 e. The summed E-state index contributed by atoms with van der Waals surface area (Å²) in [4.78, 5) is 0.354. The first-order valence-corrected chi connectivity index (χ1v) is 7.26. The lowest BCUT2D eigenvalue weighted by molar-refractivity contribution is 0.289. The zero-order valence-electron chi connectivity index (χ0n) is 12.0. The van der Waals surface area contributed by atoms with Crippen LogP contribution in [0.25, 0.3) is 0 Å². The maximum absolute atomic E-state index is 5.80. The molecule has 2 N–H and O–H groups in total. The molecule has 0 aliphatic rings. The summed E-state index contributed by atoms with van der Waals surface area (Å²) >= 11 is 4.98. The van der Waals surface area contributed by atoms with Crippen molar-refractivity contribution in [1.82, 2.24) is 0 Å². The summed E-state index contributed by atoms with van der Waals surface area (Å²) in [5, 5.41) is 0. The second-order valence-electron chi connectivity index (χ2n) is 4.67. The maximum Gasteiger partial charge on any atom is 0.161 e. The molecule has 0 unspecified atom stereocenters. The van der Waals surface area contributed by atoms with Crippen LogP contribution in [0.5, 0.6) is 11.5 Å². The molecule has 0 aliphatic heterocycles. The third-order valence-electron chi connectivity index (χ3n) is 3.16. The first-order valence-electron chi connectivity index (χ1n) is 6.85. The van der Waals surface area contributed by atoms with Crippen molar-refractivity contribution < 1.29 is 9.47 Å². The Hall–Kier alpha value is -2.07. The van der Waals surface area contributed by atoms with Gasteiger partial charge >= 0.3 is 0 Å². The molecular weight excluding hydrogens is 282 g/mol. The molecule has 0 fully saturated rings. The van der Waals surface area contributed by atoms with Crippen LogP contribution in [0, 0.1) is 0 Å². The summed E-state index contributed by atoms with van der Waals surface area (Å²) in [5.74, 6) is 1.37. The molecule has 0 aromatic heterocycles. The van der Waals surface area contributed by atoms with Crippen LogP contribution in [0.4, 0.5) is 0 Å². The molecule has 2 rings (SSSR count). The fourth-order valence-electron chi connectivity index (χ4n) is 2.05. The SMILES string of the molecule is COc1ccc(C(N)=S)cc1OCCCc1ccccc1. The van der Waals surface area contributed by atoms with Crippen molar-refractivity contribution in [2.45, 2.75) is 12.8 Å². The molecule has 21 heavy (non-hydrogen) atoms. The fraction of sp³-hybridized carbons (Fsp3) is 0.235. The molecule has 0 spiro atoms. The number of hydrogen-bond acceptors (Lipinski definition) is 3. The summed E-state index contributed by atoms with van der Waals surface area (Å²) < 4.78 is 11.1. The highest BCUT2D eigenvalue weighted by Gasteiger charge is 2.07. The first kappa shape index (κ1) is 15.3. The molecule has 0 saturated heterocycles. The summed E-state index contributed by atoms with van der Waals surface area (Å²) in [5.41, 5.74) is 7.73. The minimum Gasteiger partial charge on any atom is -0.493 e. The van der Waals surface area contributed by atoms with Crippen molar-refractivity contribution in [3.8, 4) is 11.5 Å². The highest BCUT2D eigenvalue weighted by atomic mass is 32.1. The Morgan fingerprint density at radius 1 is 1.10 bits per heavy atom. The van der Waals surface area contributed by atoms with Gasteiger partial charge in [0.05, 0.1) is 13.7 Å². The van der Waals surface area contributed by atoms with Gasteiger partial charge in [0.15, 0.2) is 11.5 Å². The lowest BCUT2D eigenvalue weighted by Gasteiger charge is -2.12. The van der Waals surface area contributed by atoms with Crippen LogP contribution >= 0.6 is 12.2 Å². The zero-order valence-corrected chi connectivity index (χ0v) is 12.9. The van der Waals surface area contributed by atoms with Gasteiger partial charge in [-0.25, -0.2) is 0 Å². The number of rotatable bonds is 7. The van der Waals surface area contributed by atoms with Gasteiger partial charge in [0.25, 0.3) is 0 Å². The van der Waals surface area contributed by atoms with E-state index < -0.39 is 0 Å². The third-order valence-corrected chi connectivity index (χ3v) is 3.39. The Morgan fingerprint density at radius 3 is 2.52 bits per heavy atom. The number of benzene rings is 2. The van der Waals surface area contributed by atoms with E-state index in [2.05, 4.69) is 12.1 Å². The van der Waals surface area contributed by atoms with E-state index >= 15 is 0 Å². The summed E-state index contributed by atoms with van der Waals surface area (Å²) in [6.07, 6.45) is 1.92. The van der Waals surface area contributed by atoms with Crippen molar-refractivity contribution in [2.24, 2.45) is 5.73 Å². The van der Waals surface area contributed by atoms with Crippen LogP contribution < -0.4 is 15.2 Å². The average Bonchev–Trinajstić information content (AvgIpc) is 2.52. The molecule has 0 saturated carbocycles. The predicted octanol–water partition coefficient (Wildman–Crippen LogP) is 3.34. The van der Waals surface area contributed by atoms with Crippen molar-refractivity contribution in [3.63, 3.8) is 0 Å². The van der Waals surface area contributed by atoms with Gasteiger partial charge < -0.3 is 15.2 Å². The molecule has 2 aromatic rings. The second-order valence-corrected chi connectivity index (χ2v) is 5.11. The monoisotopic (exact) mass is 301 g/mol. The Kier molecular flexibility index (Phi) is 5.58. The Labute approximate surface area is 130 Å². The number of methoxy groups -OCH3 is 1. The normalized spacial score (nSPS) is 10.1. The molecular formula is C17H19NO2S. The molecule has 0 bridgehead atoms. The smallest absolute Gasteiger partial charge is 0.161 e. The molecule has 4 heteroatoms. The second kappa shape index (κ2) is 7.64. The van der Waals surface area contributed by atoms with Crippen molar-refractivity contribution in [1.29, 1.82) is 0 Å². The van der Waals surface area contributed by atoms with Crippen LogP contribution in [-0.2, 0) is 6.42 Å². The van der Waals surface area contributed by atoms with Crippen molar-refractivity contribution in [2.75, 3.05) is 13.7 Å². The molecule has 2 aromatic carbocycles. The Balaban J connectivity index is 1.92. The standard InChI is InChI=1S/C17H19NO2S/c1-19-15-10-9-14(17(18)21)12-16(15)20-11-5-8-13-6-3-2-4-7-13/h2-4,6-7,9-10,12H,5,8,11H2,1H3,(H2,18,21). The van der Waals surface area contributed by atoms with Crippen molar-refractivity contribution in [3.05, 3.63) is 59.7 Å². The highest BCUT2D eigenvalue weighted by molar-refractivity contribution is 7.80. The number of ether oxygens (including phenoxy) is 2. The topological polar surface area (TPSA) is 44.5 Å². The minimum absolute atomic E-state index is 0.354. The van der Waals surface area contributed by atoms with Crippen LogP contribution in [0.3, 0.4) is 0 Å². The van der Waals surface area contributed by atoms with E-state index in [1.54, 1.807) is 7.11 Å². The quantitative estimate of drug-likeness (QED) is 0.629. The predicted molar refractivity (Wildman–Crippen MR) is 89.1 cm³/mol. The third kappa shape index (κ3) is 4.46. The van der Waals surface area contributed by atoms with Gasteiger partial charge in [-0.05, 0) is 36.6 Å². The van der Waals surface area contributed by atoms with E-state index in [0.717, 1.165) is 18.4 Å². The average molecular weight is 301 g/mol. The van der Waals surface area contributed by atoms with E-state index in [4.69, 9.17) is 27.4 Å². The number of aryl methyl sites for hydroxylation is 1. The first-order chi connectivity index (χ1) is 10.2. The van der Waals surface area contributed by atoms with Crippen LogP contribution in [-0.4, -0.2) is 18.7 Å². The van der Waals surface area contributed by atoms with Gasteiger partial charge in [0, 0.05) is 5.56 Å². The van der Waals surface area contributed by atoms with E-state index in [0.29, 0.717) is 23.1 Å². The number of nitrogens with two attached hydrogens (primary N) is 1. The summed E-state index contributed by atoms with van der Waals surface area (Å²) in [6.45, 7) is 0.617. The molecule has 0 aliphatic carbocycles. The lowest BCUT2D eigenvalue weighted by atomic mass is 10.1. The number of thiocarbonyl (C=S) groups is 1. The van der Waals surface area contributed by atoms with E-state index in [1.165, 1.54) is 5.56 Å². The zero-order chi connectivity index (χ0) is 15.1. The van der Waals surface area contributed by atoms with Crippen LogP contribution in [0.15, 0.2) is 48.5 Å². The Bertz CT molecular complexity index is 599. The minimum atomic E-state index is 0.354. The molecule has 0 atom stereocenters. The van der Waals surface area contributed by atoms with Crippen LogP contribution in [0.2, 0.25) is 0 Å². The maximum atomic E-state index is 5.80. The summed E-state index contributed by atoms with van der Waals surface area (Å²) in [7, 11) is 1.62. The lowest BCUT2D eigenvalue weighted by Crippen LogP contribution is -2.10. The molecule has 0 radical (unpaired) electrons. The summed E-state index contributed by atoms with van der Waals surface area (Å²) in [6, 6.07) is 15.8. The van der Waals surface area contributed by atoms with Gasteiger partial charge in [0.1, 0.15) is 4.99 Å². The van der Waals surface area contributed by atoms with Gasteiger partial charge in [-0.15, -0.1) is 0 Å². The molecule has 0 heterocycles. The van der Waals surface area contributed by atoms with E-state index in [1.807, 2.05) is 36.4 Å². The van der Waals surface area contributed by atoms with Gasteiger partial charge in [-0.1, -0.05) is 42.5 Å². The van der Waals surface area contributed by atoms with Crippen LogP contribution in [0.1, 0.15) is 17.5 Å². The van der Waals surface area contributed by atoms with Gasteiger partial charge in [-0.2, -0.15) is 0 Å². The molecule has 3 nitrogen and oxygen atoms in total. The van der Waals surface area contributed by atoms with Gasteiger partial charge in [-0.3, -0.25) is 0 Å².